The van der Waals surface area contributed by atoms with Gasteiger partial charge in [-0.2, -0.15) is 0 Å². The van der Waals surface area contributed by atoms with E-state index in [0.29, 0.717) is 5.41 Å². The number of likely N-dealkylation sites (N-methyl/N-ethyl adjacent to an activating group) is 1. The summed E-state index contributed by atoms with van der Waals surface area (Å²) in [6.45, 7) is 17.2. The van der Waals surface area contributed by atoms with Crippen LogP contribution < -0.4 is 5.73 Å². The standard InChI is InChI=1S/C17H36N2/c1-7-19(12-14(2)3)17(13-18)10-8-15(9-11-17)16(4,5)6/h14-15H,7-13,18H2,1-6H3. The molecule has 0 bridgehead atoms. The molecular formula is C17H36N2. The molecule has 1 saturated carbocycles. The van der Waals surface area contributed by atoms with Crippen molar-refractivity contribution in [1.29, 1.82) is 0 Å². The SMILES string of the molecule is CCN(CC(C)C)C1(CN)CCC(C(C)(C)C)CC1. The number of hydrogen-bond donors (Lipinski definition) is 1. The molecule has 0 atom stereocenters. The summed E-state index contributed by atoms with van der Waals surface area (Å²) in [5, 5.41) is 0. The Labute approximate surface area is 121 Å². The molecule has 0 saturated heterocycles. The van der Waals surface area contributed by atoms with E-state index in [1.807, 2.05) is 0 Å². The summed E-state index contributed by atoms with van der Waals surface area (Å²) in [6, 6.07) is 0. The lowest BCUT2D eigenvalue weighted by Crippen LogP contribution is -2.57. The summed E-state index contributed by atoms with van der Waals surface area (Å²) in [5.74, 6) is 1.59. The molecular weight excluding hydrogens is 232 g/mol. The Morgan fingerprint density at radius 1 is 1.21 bits per heavy atom. The molecule has 0 unspecified atom stereocenters. The molecule has 1 aliphatic rings. The third-order valence-electron chi connectivity index (χ3n) is 5.16. The van der Waals surface area contributed by atoms with Crippen LogP contribution >= 0.6 is 0 Å². The first-order chi connectivity index (χ1) is 8.75. The van der Waals surface area contributed by atoms with Crippen LogP contribution in [0.15, 0.2) is 0 Å². The highest BCUT2D eigenvalue weighted by molar-refractivity contribution is 4.97. The van der Waals surface area contributed by atoms with Crippen LogP contribution in [0.1, 0.15) is 67.2 Å². The van der Waals surface area contributed by atoms with Gasteiger partial charge in [0.05, 0.1) is 0 Å². The monoisotopic (exact) mass is 268 g/mol. The number of nitrogens with two attached hydrogens (primary N) is 1. The van der Waals surface area contributed by atoms with Crippen LogP contribution in [-0.2, 0) is 0 Å². The summed E-state index contributed by atoms with van der Waals surface area (Å²) in [5.41, 5.74) is 6.94. The van der Waals surface area contributed by atoms with Gasteiger partial charge in [-0.15, -0.1) is 0 Å². The van der Waals surface area contributed by atoms with Crippen LogP contribution in [0.4, 0.5) is 0 Å². The maximum Gasteiger partial charge on any atom is 0.0331 e. The lowest BCUT2D eigenvalue weighted by molar-refractivity contribution is 0.0174. The van der Waals surface area contributed by atoms with E-state index in [1.165, 1.54) is 32.2 Å². The topological polar surface area (TPSA) is 29.3 Å². The molecule has 0 heterocycles. The molecule has 0 amide bonds. The average molecular weight is 268 g/mol. The fourth-order valence-corrected chi connectivity index (χ4v) is 3.77. The quantitative estimate of drug-likeness (QED) is 0.819. The molecule has 2 nitrogen and oxygen atoms in total. The molecule has 1 rings (SSSR count). The minimum atomic E-state index is 0.279. The van der Waals surface area contributed by atoms with Crippen molar-refractivity contribution >= 4 is 0 Å². The fourth-order valence-electron chi connectivity index (χ4n) is 3.77. The van der Waals surface area contributed by atoms with Gasteiger partial charge in [0, 0.05) is 18.6 Å². The molecule has 0 aliphatic heterocycles. The Hall–Kier alpha value is -0.0800. The molecule has 2 heteroatoms. The normalized spacial score (nSPS) is 29.2. The number of nitrogens with zero attached hydrogens (tertiary/aromatic N) is 1. The van der Waals surface area contributed by atoms with Crippen molar-refractivity contribution in [3.63, 3.8) is 0 Å². The van der Waals surface area contributed by atoms with E-state index in [2.05, 4.69) is 46.4 Å². The zero-order valence-corrected chi connectivity index (χ0v) is 14.1. The molecule has 1 fully saturated rings. The van der Waals surface area contributed by atoms with Gasteiger partial charge >= 0.3 is 0 Å². The molecule has 2 N–H and O–H groups in total. The van der Waals surface area contributed by atoms with Crippen molar-refractivity contribution in [2.45, 2.75) is 72.8 Å². The zero-order valence-electron chi connectivity index (χ0n) is 14.1. The fraction of sp³-hybridized carbons (Fsp3) is 1.00. The molecule has 0 spiro atoms. The van der Waals surface area contributed by atoms with Crippen molar-refractivity contribution in [3.8, 4) is 0 Å². The van der Waals surface area contributed by atoms with E-state index >= 15 is 0 Å². The predicted molar refractivity (Wildman–Crippen MR) is 85.3 cm³/mol. The highest BCUT2D eigenvalue weighted by Crippen LogP contribution is 2.43. The summed E-state index contributed by atoms with van der Waals surface area (Å²) in [7, 11) is 0. The Kier molecular flexibility index (Phi) is 5.88. The Balaban J connectivity index is 2.73. The van der Waals surface area contributed by atoms with Gasteiger partial charge in [0.25, 0.3) is 0 Å². The number of rotatable bonds is 5. The maximum atomic E-state index is 6.20. The summed E-state index contributed by atoms with van der Waals surface area (Å²) in [4.78, 5) is 2.66. The Bertz CT molecular complexity index is 257. The van der Waals surface area contributed by atoms with Gasteiger partial charge in [0.15, 0.2) is 0 Å². The third-order valence-corrected chi connectivity index (χ3v) is 5.16. The lowest BCUT2D eigenvalue weighted by atomic mass is 9.66. The Morgan fingerprint density at radius 3 is 2.05 bits per heavy atom. The first kappa shape index (κ1) is 17.0. The van der Waals surface area contributed by atoms with Crippen LogP contribution in [-0.4, -0.2) is 30.1 Å². The van der Waals surface area contributed by atoms with Crippen molar-refractivity contribution < 1.29 is 0 Å². The minimum absolute atomic E-state index is 0.279. The smallest absolute Gasteiger partial charge is 0.0331 e. The van der Waals surface area contributed by atoms with Gasteiger partial charge in [-0.05, 0) is 49.5 Å². The molecule has 0 aromatic heterocycles. The van der Waals surface area contributed by atoms with E-state index < -0.39 is 0 Å². The molecule has 114 valence electrons. The lowest BCUT2D eigenvalue weighted by Gasteiger charge is -2.50. The molecule has 0 radical (unpaired) electrons. The summed E-state index contributed by atoms with van der Waals surface area (Å²) >= 11 is 0. The minimum Gasteiger partial charge on any atom is -0.329 e. The second-order valence-electron chi connectivity index (χ2n) is 8.00. The third kappa shape index (κ3) is 4.19. The van der Waals surface area contributed by atoms with Gasteiger partial charge in [0.1, 0.15) is 0 Å². The van der Waals surface area contributed by atoms with E-state index in [9.17, 15) is 0 Å². The van der Waals surface area contributed by atoms with E-state index in [1.54, 1.807) is 0 Å². The van der Waals surface area contributed by atoms with E-state index in [0.717, 1.165) is 24.9 Å². The van der Waals surface area contributed by atoms with Gasteiger partial charge in [-0.25, -0.2) is 0 Å². The highest BCUT2D eigenvalue weighted by atomic mass is 15.2. The van der Waals surface area contributed by atoms with Gasteiger partial charge in [0.2, 0.25) is 0 Å². The predicted octanol–water partition coefficient (Wildman–Crippen LogP) is 3.90. The average Bonchev–Trinajstić information content (AvgIpc) is 2.34. The second-order valence-corrected chi connectivity index (χ2v) is 8.00. The first-order valence-corrected chi connectivity index (χ1v) is 8.20. The van der Waals surface area contributed by atoms with Gasteiger partial charge in [-0.3, -0.25) is 4.90 Å². The molecule has 0 aromatic carbocycles. The van der Waals surface area contributed by atoms with Crippen LogP contribution in [0, 0.1) is 17.3 Å². The summed E-state index contributed by atoms with van der Waals surface area (Å²) < 4.78 is 0. The van der Waals surface area contributed by atoms with Gasteiger partial charge < -0.3 is 5.73 Å². The van der Waals surface area contributed by atoms with Crippen LogP contribution in [0.25, 0.3) is 0 Å². The van der Waals surface area contributed by atoms with Crippen molar-refractivity contribution in [2.75, 3.05) is 19.6 Å². The van der Waals surface area contributed by atoms with Gasteiger partial charge in [-0.1, -0.05) is 41.5 Å². The first-order valence-electron chi connectivity index (χ1n) is 8.20. The largest absolute Gasteiger partial charge is 0.329 e. The van der Waals surface area contributed by atoms with Crippen LogP contribution in [0.3, 0.4) is 0 Å². The molecule has 19 heavy (non-hydrogen) atoms. The van der Waals surface area contributed by atoms with Crippen molar-refractivity contribution in [3.05, 3.63) is 0 Å². The molecule has 1 aliphatic carbocycles. The number of hydrogen-bond acceptors (Lipinski definition) is 2. The highest BCUT2D eigenvalue weighted by Gasteiger charge is 2.41. The van der Waals surface area contributed by atoms with Crippen LogP contribution in [0.5, 0.6) is 0 Å². The summed E-state index contributed by atoms with van der Waals surface area (Å²) in [6.07, 6.45) is 5.25. The van der Waals surface area contributed by atoms with E-state index in [4.69, 9.17) is 5.73 Å². The zero-order chi connectivity index (χ0) is 14.7. The van der Waals surface area contributed by atoms with Crippen LogP contribution in [0.2, 0.25) is 0 Å². The van der Waals surface area contributed by atoms with E-state index in [-0.39, 0.29) is 5.54 Å². The van der Waals surface area contributed by atoms with Crippen molar-refractivity contribution in [1.82, 2.24) is 4.90 Å². The molecule has 0 aromatic rings. The Morgan fingerprint density at radius 2 is 1.74 bits per heavy atom. The second kappa shape index (κ2) is 6.58. The maximum absolute atomic E-state index is 6.20. The van der Waals surface area contributed by atoms with Crippen molar-refractivity contribution in [2.24, 2.45) is 23.0 Å².